The van der Waals surface area contributed by atoms with Gasteiger partial charge in [-0.2, -0.15) is 0 Å². The van der Waals surface area contributed by atoms with Crippen LogP contribution in [-0.2, 0) is 16.0 Å². The Morgan fingerprint density at radius 2 is 1.62 bits per heavy atom. The van der Waals surface area contributed by atoms with Crippen LogP contribution >= 0.6 is 0 Å². The Labute approximate surface area is 154 Å². The third-order valence-electron chi connectivity index (χ3n) is 4.65. The molecule has 1 fully saturated rings. The molecule has 26 heavy (non-hydrogen) atoms. The van der Waals surface area contributed by atoms with Crippen molar-refractivity contribution >= 4 is 17.5 Å². The molecule has 1 aliphatic rings. The van der Waals surface area contributed by atoms with Crippen molar-refractivity contribution in [1.82, 2.24) is 10.6 Å². The lowest BCUT2D eigenvalue weighted by atomic mass is 10.1. The van der Waals surface area contributed by atoms with Crippen LogP contribution in [0.4, 0.5) is 5.69 Å². The summed E-state index contributed by atoms with van der Waals surface area (Å²) in [6.07, 6.45) is 1.36. The van der Waals surface area contributed by atoms with Gasteiger partial charge in [0.25, 0.3) is 0 Å². The maximum atomic E-state index is 12.0. The van der Waals surface area contributed by atoms with Crippen LogP contribution in [0.25, 0.3) is 0 Å². The van der Waals surface area contributed by atoms with Crippen molar-refractivity contribution in [3.05, 3.63) is 66.2 Å². The minimum absolute atomic E-state index is 0.0286. The number of hydrogen-bond donors (Lipinski definition) is 2. The molecule has 1 aliphatic heterocycles. The summed E-state index contributed by atoms with van der Waals surface area (Å²) in [4.78, 5) is 26.2. The van der Waals surface area contributed by atoms with Gasteiger partial charge in [0.15, 0.2) is 0 Å². The molecule has 1 atom stereocenters. The number of carbonyl (C=O) groups excluding carboxylic acids is 2. The Morgan fingerprint density at radius 1 is 0.923 bits per heavy atom. The van der Waals surface area contributed by atoms with E-state index < -0.39 is 0 Å². The SMILES string of the molecule is O=C(CNC(=O)Cc1ccccc1)NC[C@H]1CCN(c2ccccc2)C1. The van der Waals surface area contributed by atoms with E-state index in [0.29, 0.717) is 18.9 Å². The first-order chi connectivity index (χ1) is 12.7. The van der Waals surface area contributed by atoms with Gasteiger partial charge in [0, 0.05) is 25.3 Å². The second-order valence-electron chi connectivity index (χ2n) is 6.68. The predicted molar refractivity (Wildman–Crippen MR) is 103 cm³/mol. The minimum Gasteiger partial charge on any atom is -0.371 e. The molecule has 1 saturated heterocycles. The number of nitrogens with zero attached hydrogens (tertiary/aromatic N) is 1. The van der Waals surface area contributed by atoms with E-state index in [1.54, 1.807) is 0 Å². The summed E-state index contributed by atoms with van der Waals surface area (Å²) >= 11 is 0. The van der Waals surface area contributed by atoms with E-state index in [0.717, 1.165) is 25.1 Å². The third-order valence-corrected chi connectivity index (χ3v) is 4.65. The maximum Gasteiger partial charge on any atom is 0.239 e. The molecule has 0 bridgehead atoms. The first kappa shape index (κ1) is 18.0. The van der Waals surface area contributed by atoms with Crippen LogP contribution in [0.1, 0.15) is 12.0 Å². The maximum absolute atomic E-state index is 12.0. The highest BCUT2D eigenvalue weighted by molar-refractivity contribution is 5.85. The highest BCUT2D eigenvalue weighted by Gasteiger charge is 2.22. The fraction of sp³-hybridized carbons (Fsp3) is 0.333. The van der Waals surface area contributed by atoms with E-state index >= 15 is 0 Å². The normalized spacial score (nSPS) is 16.3. The number of anilines is 1. The largest absolute Gasteiger partial charge is 0.371 e. The van der Waals surface area contributed by atoms with E-state index in [1.807, 2.05) is 48.5 Å². The third kappa shape index (κ3) is 5.34. The Balaban J connectivity index is 1.34. The topological polar surface area (TPSA) is 61.4 Å². The molecule has 0 radical (unpaired) electrons. The van der Waals surface area contributed by atoms with Crippen molar-refractivity contribution in [1.29, 1.82) is 0 Å². The lowest BCUT2D eigenvalue weighted by molar-refractivity contribution is -0.125. The van der Waals surface area contributed by atoms with E-state index in [1.165, 1.54) is 5.69 Å². The number of amides is 2. The smallest absolute Gasteiger partial charge is 0.239 e. The monoisotopic (exact) mass is 351 g/mol. The summed E-state index contributed by atoms with van der Waals surface area (Å²) in [5, 5.41) is 5.62. The van der Waals surface area contributed by atoms with Crippen LogP contribution < -0.4 is 15.5 Å². The van der Waals surface area contributed by atoms with Gasteiger partial charge >= 0.3 is 0 Å². The van der Waals surface area contributed by atoms with Gasteiger partial charge in [0.1, 0.15) is 0 Å². The van der Waals surface area contributed by atoms with E-state index in [2.05, 4.69) is 27.7 Å². The van der Waals surface area contributed by atoms with Crippen molar-refractivity contribution in [2.24, 2.45) is 5.92 Å². The Kier molecular flexibility index (Phi) is 6.25. The van der Waals surface area contributed by atoms with Crippen molar-refractivity contribution in [3.63, 3.8) is 0 Å². The molecular formula is C21H25N3O2. The zero-order valence-corrected chi connectivity index (χ0v) is 14.9. The quantitative estimate of drug-likeness (QED) is 0.802. The molecule has 0 aliphatic carbocycles. The van der Waals surface area contributed by atoms with Gasteiger partial charge in [-0.1, -0.05) is 48.5 Å². The molecule has 0 saturated carbocycles. The summed E-state index contributed by atoms with van der Waals surface area (Å²) in [6.45, 7) is 2.64. The average molecular weight is 351 g/mol. The molecule has 0 aromatic heterocycles. The fourth-order valence-electron chi connectivity index (χ4n) is 3.22. The molecule has 2 N–H and O–H groups in total. The molecule has 5 nitrogen and oxygen atoms in total. The van der Waals surface area contributed by atoms with Crippen LogP contribution in [0.3, 0.4) is 0 Å². The van der Waals surface area contributed by atoms with Crippen LogP contribution in [0.5, 0.6) is 0 Å². The second-order valence-corrected chi connectivity index (χ2v) is 6.68. The van der Waals surface area contributed by atoms with Crippen molar-refractivity contribution in [2.45, 2.75) is 12.8 Å². The van der Waals surface area contributed by atoms with E-state index in [4.69, 9.17) is 0 Å². The van der Waals surface area contributed by atoms with Gasteiger partial charge in [-0.15, -0.1) is 0 Å². The van der Waals surface area contributed by atoms with E-state index in [9.17, 15) is 9.59 Å². The highest BCUT2D eigenvalue weighted by atomic mass is 16.2. The summed E-state index contributed by atoms with van der Waals surface area (Å²) in [7, 11) is 0. The Hall–Kier alpha value is -2.82. The molecule has 2 aromatic carbocycles. The lowest BCUT2D eigenvalue weighted by Gasteiger charge is -2.18. The molecular weight excluding hydrogens is 326 g/mol. The second kappa shape index (κ2) is 9.04. The zero-order chi connectivity index (χ0) is 18.2. The van der Waals surface area contributed by atoms with Crippen LogP contribution in [0, 0.1) is 5.92 Å². The minimum atomic E-state index is -0.137. The average Bonchev–Trinajstić information content (AvgIpc) is 3.15. The molecule has 5 heteroatoms. The van der Waals surface area contributed by atoms with Gasteiger partial charge in [-0.3, -0.25) is 9.59 Å². The molecule has 2 aromatic rings. The zero-order valence-electron chi connectivity index (χ0n) is 14.9. The van der Waals surface area contributed by atoms with Gasteiger partial charge in [0.2, 0.25) is 11.8 Å². The summed E-state index contributed by atoms with van der Waals surface area (Å²) in [5.74, 6) is 0.172. The van der Waals surface area contributed by atoms with E-state index in [-0.39, 0.29) is 18.4 Å². The molecule has 2 amide bonds. The standard InChI is InChI=1S/C21H25N3O2/c25-20(13-17-7-3-1-4-8-17)23-15-21(26)22-14-18-11-12-24(16-18)19-9-5-2-6-10-19/h1-10,18H,11-16H2,(H,22,26)(H,23,25)/t18-/m1/s1. The number of nitrogens with one attached hydrogen (secondary N) is 2. The number of carbonyl (C=O) groups is 2. The van der Waals surface area contributed by atoms with Crippen molar-refractivity contribution in [3.8, 4) is 0 Å². The van der Waals surface area contributed by atoms with Crippen molar-refractivity contribution < 1.29 is 9.59 Å². The first-order valence-electron chi connectivity index (χ1n) is 9.08. The Morgan fingerprint density at radius 3 is 2.35 bits per heavy atom. The summed E-state index contributed by atoms with van der Waals surface area (Å²) < 4.78 is 0. The number of rotatable bonds is 7. The van der Waals surface area contributed by atoms with Gasteiger partial charge in [0.05, 0.1) is 13.0 Å². The number of hydrogen-bond acceptors (Lipinski definition) is 3. The molecule has 0 unspecified atom stereocenters. The lowest BCUT2D eigenvalue weighted by Crippen LogP contribution is -2.39. The van der Waals surface area contributed by atoms with Gasteiger partial charge in [-0.25, -0.2) is 0 Å². The predicted octanol–water partition coefficient (Wildman–Crippen LogP) is 1.99. The van der Waals surface area contributed by atoms with Gasteiger partial charge < -0.3 is 15.5 Å². The number of benzene rings is 2. The number of para-hydroxylation sites is 1. The fourth-order valence-corrected chi connectivity index (χ4v) is 3.22. The molecule has 136 valence electrons. The van der Waals surface area contributed by atoms with Crippen LogP contribution in [0.15, 0.2) is 60.7 Å². The molecule has 3 rings (SSSR count). The van der Waals surface area contributed by atoms with Crippen LogP contribution in [-0.4, -0.2) is 38.0 Å². The summed E-state index contributed by atoms with van der Waals surface area (Å²) in [5.41, 5.74) is 2.17. The van der Waals surface area contributed by atoms with Crippen LogP contribution in [0.2, 0.25) is 0 Å². The van der Waals surface area contributed by atoms with Crippen molar-refractivity contribution in [2.75, 3.05) is 31.1 Å². The summed E-state index contributed by atoms with van der Waals surface area (Å²) in [6, 6.07) is 19.8. The molecule has 0 spiro atoms. The highest BCUT2D eigenvalue weighted by Crippen LogP contribution is 2.22. The van der Waals surface area contributed by atoms with Gasteiger partial charge in [-0.05, 0) is 30.0 Å². The first-order valence-corrected chi connectivity index (χ1v) is 9.08. The molecule has 1 heterocycles. The Bertz CT molecular complexity index is 719.